The standard InChI is InChI=1S/C25H31NO5/c1-25(2,15-18-9-8-14-26-16-18)24-30-17-19(10-4-3-5-13-22(28)29)23(31-24)20-11-6-7-12-21(20)27/h3-4,6-9,11-12,14,16,19,23-24,27H,5,10,13,15,17H2,1-2H3,(H,28,29)/b4-3-. The van der Waals surface area contributed by atoms with Crippen molar-refractivity contribution in [2.45, 2.75) is 51.9 Å². The predicted molar refractivity (Wildman–Crippen MR) is 118 cm³/mol. The number of para-hydroxylation sites is 1. The highest BCUT2D eigenvalue weighted by molar-refractivity contribution is 5.66. The van der Waals surface area contributed by atoms with E-state index in [0.29, 0.717) is 19.4 Å². The number of aromatic nitrogens is 1. The second kappa shape index (κ2) is 10.6. The van der Waals surface area contributed by atoms with Gasteiger partial charge in [0.2, 0.25) is 0 Å². The highest BCUT2D eigenvalue weighted by Crippen LogP contribution is 2.43. The maximum absolute atomic E-state index is 10.7. The normalized spacial score (nSPS) is 21.9. The van der Waals surface area contributed by atoms with Gasteiger partial charge in [0.1, 0.15) is 5.75 Å². The number of carbonyl (C=O) groups is 1. The first-order valence-electron chi connectivity index (χ1n) is 10.7. The number of ether oxygens (including phenoxy) is 2. The van der Waals surface area contributed by atoms with Crippen LogP contribution in [-0.2, 0) is 20.7 Å². The van der Waals surface area contributed by atoms with Crippen molar-refractivity contribution in [2.24, 2.45) is 11.3 Å². The van der Waals surface area contributed by atoms with E-state index in [0.717, 1.165) is 17.5 Å². The van der Waals surface area contributed by atoms with Crippen molar-refractivity contribution >= 4 is 5.97 Å². The van der Waals surface area contributed by atoms with E-state index >= 15 is 0 Å². The predicted octanol–water partition coefficient (Wildman–Crippen LogP) is 4.90. The Labute approximate surface area is 183 Å². The number of aromatic hydroxyl groups is 1. The zero-order valence-electron chi connectivity index (χ0n) is 18.1. The number of phenolic OH excluding ortho intramolecular Hbond substituents is 1. The number of carboxylic acid groups (broad SMARTS) is 1. The van der Waals surface area contributed by atoms with Gasteiger partial charge in [0, 0.05) is 35.7 Å². The fourth-order valence-electron chi connectivity index (χ4n) is 3.95. The fraction of sp³-hybridized carbons (Fsp3) is 0.440. The third-order valence-electron chi connectivity index (χ3n) is 5.55. The Kier molecular flexibility index (Phi) is 7.82. The Hall–Kier alpha value is -2.70. The number of phenols is 1. The number of rotatable bonds is 9. The maximum Gasteiger partial charge on any atom is 0.303 e. The summed E-state index contributed by atoms with van der Waals surface area (Å²) in [6, 6.07) is 11.2. The SMILES string of the molecule is CC(C)(Cc1cccnc1)C1OCC(C/C=C\CCC(=O)O)C(c2ccccc2O)O1. The van der Waals surface area contributed by atoms with Crippen LogP contribution in [0.3, 0.4) is 0 Å². The quantitative estimate of drug-likeness (QED) is 0.556. The number of nitrogens with zero attached hydrogens (tertiary/aromatic N) is 1. The van der Waals surface area contributed by atoms with Crippen LogP contribution in [0.4, 0.5) is 0 Å². The number of benzene rings is 1. The molecule has 31 heavy (non-hydrogen) atoms. The number of allylic oxidation sites excluding steroid dienone is 2. The van der Waals surface area contributed by atoms with Crippen molar-refractivity contribution in [1.29, 1.82) is 0 Å². The Morgan fingerprint density at radius 3 is 2.74 bits per heavy atom. The van der Waals surface area contributed by atoms with Crippen LogP contribution >= 0.6 is 0 Å². The lowest BCUT2D eigenvalue weighted by atomic mass is 9.83. The van der Waals surface area contributed by atoms with E-state index in [9.17, 15) is 9.90 Å². The van der Waals surface area contributed by atoms with Crippen LogP contribution in [0, 0.1) is 11.3 Å². The molecule has 1 aliphatic rings. The molecule has 2 aromatic rings. The smallest absolute Gasteiger partial charge is 0.303 e. The molecule has 0 bridgehead atoms. The molecule has 6 heteroatoms. The van der Waals surface area contributed by atoms with E-state index in [4.69, 9.17) is 14.6 Å². The number of hydrogen-bond acceptors (Lipinski definition) is 5. The van der Waals surface area contributed by atoms with Crippen LogP contribution < -0.4 is 0 Å². The Morgan fingerprint density at radius 1 is 1.23 bits per heavy atom. The minimum atomic E-state index is -0.806. The Balaban J connectivity index is 1.74. The number of carboxylic acids is 1. The molecular formula is C25H31NO5. The molecule has 0 saturated carbocycles. The van der Waals surface area contributed by atoms with Crippen LogP contribution in [0.25, 0.3) is 0 Å². The summed E-state index contributed by atoms with van der Waals surface area (Å²) in [6.07, 6.45) is 8.74. The third-order valence-corrected chi connectivity index (χ3v) is 5.55. The average Bonchev–Trinajstić information content (AvgIpc) is 2.74. The van der Waals surface area contributed by atoms with E-state index in [-0.39, 0.29) is 29.6 Å². The average molecular weight is 426 g/mol. The van der Waals surface area contributed by atoms with E-state index in [1.54, 1.807) is 18.3 Å². The molecule has 2 N–H and O–H groups in total. The molecule has 1 saturated heterocycles. The van der Waals surface area contributed by atoms with E-state index in [2.05, 4.69) is 18.8 Å². The third kappa shape index (κ3) is 6.39. The van der Waals surface area contributed by atoms with Gasteiger partial charge in [-0.25, -0.2) is 0 Å². The minimum Gasteiger partial charge on any atom is -0.508 e. The molecule has 0 amide bonds. The number of aliphatic carboxylic acids is 1. The molecule has 1 aromatic carbocycles. The lowest BCUT2D eigenvalue weighted by Gasteiger charge is -2.43. The molecule has 166 valence electrons. The van der Waals surface area contributed by atoms with Crippen molar-refractivity contribution in [1.82, 2.24) is 4.98 Å². The van der Waals surface area contributed by atoms with Crippen LogP contribution in [0.1, 0.15) is 50.3 Å². The van der Waals surface area contributed by atoms with Gasteiger partial charge in [0.15, 0.2) is 6.29 Å². The second-order valence-corrected chi connectivity index (χ2v) is 8.71. The van der Waals surface area contributed by atoms with Crippen molar-refractivity contribution in [3.8, 4) is 5.75 Å². The summed E-state index contributed by atoms with van der Waals surface area (Å²) in [5.74, 6) is -0.586. The molecule has 2 heterocycles. The molecular weight excluding hydrogens is 394 g/mol. The zero-order chi connectivity index (χ0) is 22.3. The topological polar surface area (TPSA) is 88.9 Å². The van der Waals surface area contributed by atoms with Crippen molar-refractivity contribution in [3.63, 3.8) is 0 Å². The van der Waals surface area contributed by atoms with Crippen LogP contribution in [0.5, 0.6) is 5.75 Å². The maximum atomic E-state index is 10.7. The van der Waals surface area contributed by atoms with Gasteiger partial charge in [-0.05, 0) is 37.0 Å². The molecule has 1 aliphatic heterocycles. The van der Waals surface area contributed by atoms with Crippen LogP contribution in [0.2, 0.25) is 0 Å². The van der Waals surface area contributed by atoms with Gasteiger partial charge in [-0.15, -0.1) is 0 Å². The first-order valence-corrected chi connectivity index (χ1v) is 10.7. The van der Waals surface area contributed by atoms with Gasteiger partial charge < -0.3 is 19.7 Å². The van der Waals surface area contributed by atoms with E-state index in [1.165, 1.54) is 0 Å². The second-order valence-electron chi connectivity index (χ2n) is 8.71. The summed E-state index contributed by atoms with van der Waals surface area (Å²) in [5.41, 5.74) is 1.56. The van der Waals surface area contributed by atoms with Gasteiger partial charge in [0.05, 0.1) is 12.7 Å². The van der Waals surface area contributed by atoms with Gasteiger partial charge in [-0.2, -0.15) is 0 Å². The molecule has 3 atom stereocenters. The summed E-state index contributed by atoms with van der Waals surface area (Å²) in [6.45, 7) is 4.71. The molecule has 3 unspecified atom stereocenters. The summed E-state index contributed by atoms with van der Waals surface area (Å²) >= 11 is 0. The highest BCUT2D eigenvalue weighted by Gasteiger charge is 2.41. The molecule has 3 rings (SSSR count). The first kappa shape index (κ1) is 23.0. The van der Waals surface area contributed by atoms with Gasteiger partial charge in [0.25, 0.3) is 0 Å². The molecule has 6 nitrogen and oxygen atoms in total. The monoisotopic (exact) mass is 425 g/mol. The Morgan fingerprint density at radius 2 is 2.03 bits per heavy atom. The van der Waals surface area contributed by atoms with Gasteiger partial charge >= 0.3 is 5.97 Å². The van der Waals surface area contributed by atoms with Crippen molar-refractivity contribution in [3.05, 3.63) is 72.1 Å². The van der Waals surface area contributed by atoms with Crippen LogP contribution in [-0.4, -0.2) is 34.1 Å². The van der Waals surface area contributed by atoms with Crippen LogP contribution in [0.15, 0.2) is 60.9 Å². The van der Waals surface area contributed by atoms with E-state index in [1.807, 2.05) is 42.6 Å². The number of pyridine rings is 1. The molecule has 0 aliphatic carbocycles. The van der Waals surface area contributed by atoms with Crippen molar-refractivity contribution in [2.75, 3.05) is 6.61 Å². The fourth-order valence-corrected chi connectivity index (χ4v) is 3.95. The summed E-state index contributed by atoms with van der Waals surface area (Å²) < 4.78 is 12.6. The number of hydrogen-bond donors (Lipinski definition) is 2. The first-order chi connectivity index (χ1) is 14.9. The van der Waals surface area contributed by atoms with Gasteiger partial charge in [-0.1, -0.05) is 50.3 Å². The summed E-state index contributed by atoms with van der Waals surface area (Å²) in [7, 11) is 0. The minimum absolute atomic E-state index is 0.0137. The van der Waals surface area contributed by atoms with E-state index < -0.39 is 12.3 Å². The molecule has 1 fully saturated rings. The molecule has 0 spiro atoms. The lowest BCUT2D eigenvalue weighted by Crippen LogP contribution is -2.44. The largest absolute Gasteiger partial charge is 0.508 e. The molecule has 1 aromatic heterocycles. The molecule has 0 radical (unpaired) electrons. The Bertz CT molecular complexity index is 880. The summed E-state index contributed by atoms with van der Waals surface area (Å²) in [4.78, 5) is 14.9. The highest BCUT2D eigenvalue weighted by atomic mass is 16.7. The van der Waals surface area contributed by atoms with Gasteiger partial charge in [-0.3, -0.25) is 9.78 Å². The van der Waals surface area contributed by atoms with Crippen molar-refractivity contribution < 1.29 is 24.5 Å². The zero-order valence-corrected chi connectivity index (χ0v) is 18.1. The summed E-state index contributed by atoms with van der Waals surface area (Å²) in [5, 5.41) is 19.3. The lowest BCUT2D eigenvalue weighted by molar-refractivity contribution is -0.278.